The largest absolute Gasteiger partial charge is 0.310 e. The summed E-state index contributed by atoms with van der Waals surface area (Å²) in [6, 6.07) is 58.9. The molecule has 5 fully saturated rings. The van der Waals surface area contributed by atoms with Crippen molar-refractivity contribution in [1.82, 2.24) is 0 Å². The minimum absolute atomic E-state index is 0.132. The standard InChI is InChI=1S/C55H47N/c1-2-10-39-32-40(16-15-37(39)9-1)38-17-19-43(20-18-38)56(44-22-24-51-49(33-44)47-12-3-5-13-50(47)54(51)25-7-8-26-54)45-21-23-48-46-11-4-6-14-52(46)55(53(48)34-45)41-28-35-27-36(30-41)31-42(55)29-35/h1-6,9-24,32-36,41-42H,7-8,25-31H2. The maximum Gasteiger partial charge on any atom is 0.0468 e. The van der Waals surface area contributed by atoms with Crippen LogP contribution >= 0.6 is 0 Å². The third kappa shape index (κ3) is 4.22. The second-order valence-corrected chi connectivity index (χ2v) is 18.5. The first-order chi connectivity index (χ1) is 27.7. The summed E-state index contributed by atoms with van der Waals surface area (Å²) >= 11 is 0. The molecule has 0 N–H and O–H groups in total. The van der Waals surface area contributed by atoms with Gasteiger partial charge in [-0.05, 0) is 177 Å². The van der Waals surface area contributed by atoms with Crippen LogP contribution in [-0.2, 0) is 10.8 Å². The monoisotopic (exact) mass is 721 g/mol. The van der Waals surface area contributed by atoms with Crippen LogP contribution in [0.2, 0.25) is 0 Å². The molecule has 0 unspecified atom stereocenters. The van der Waals surface area contributed by atoms with Crippen LogP contribution in [0.25, 0.3) is 44.2 Å². The maximum atomic E-state index is 2.66. The van der Waals surface area contributed by atoms with Crippen molar-refractivity contribution in [2.75, 3.05) is 4.90 Å². The molecule has 7 aromatic rings. The van der Waals surface area contributed by atoms with E-state index in [-0.39, 0.29) is 10.8 Å². The van der Waals surface area contributed by atoms with Gasteiger partial charge in [-0.2, -0.15) is 0 Å². The van der Waals surface area contributed by atoms with E-state index in [9.17, 15) is 0 Å². The van der Waals surface area contributed by atoms with Crippen LogP contribution in [0.5, 0.6) is 0 Å². The molecule has 2 spiro atoms. The number of hydrogen-bond acceptors (Lipinski definition) is 1. The van der Waals surface area contributed by atoms with Gasteiger partial charge in [-0.15, -0.1) is 0 Å². The Kier molecular flexibility index (Phi) is 6.57. The third-order valence-corrected chi connectivity index (χ3v) is 16.0. The van der Waals surface area contributed by atoms with Crippen molar-refractivity contribution in [3.8, 4) is 33.4 Å². The number of benzene rings is 7. The molecule has 0 aromatic heterocycles. The van der Waals surface area contributed by atoms with E-state index >= 15 is 0 Å². The zero-order valence-electron chi connectivity index (χ0n) is 32.1. The Morgan fingerprint density at radius 1 is 0.393 bits per heavy atom. The number of nitrogens with zero attached hydrogens (tertiary/aromatic N) is 1. The molecule has 0 atom stereocenters. The zero-order chi connectivity index (χ0) is 36.6. The lowest BCUT2D eigenvalue weighted by molar-refractivity contribution is -0.0399. The highest BCUT2D eigenvalue weighted by Gasteiger charge is 2.61. The fourth-order valence-electron chi connectivity index (χ4n) is 14.0. The van der Waals surface area contributed by atoms with Crippen LogP contribution in [0.3, 0.4) is 0 Å². The van der Waals surface area contributed by atoms with Crippen LogP contribution in [0, 0.1) is 23.7 Å². The van der Waals surface area contributed by atoms with Gasteiger partial charge in [0.05, 0.1) is 0 Å². The molecular weight excluding hydrogens is 675 g/mol. The molecule has 7 aromatic carbocycles. The summed E-state index contributed by atoms with van der Waals surface area (Å²) in [5, 5.41) is 2.57. The van der Waals surface area contributed by atoms with Gasteiger partial charge in [-0.3, -0.25) is 0 Å². The Hall–Kier alpha value is -5.40. The predicted molar refractivity (Wildman–Crippen MR) is 232 cm³/mol. The van der Waals surface area contributed by atoms with E-state index in [2.05, 4.69) is 157 Å². The lowest BCUT2D eigenvalue weighted by Gasteiger charge is -2.61. The molecule has 56 heavy (non-hydrogen) atoms. The fraction of sp³-hybridized carbons (Fsp3) is 0.273. The molecule has 1 nitrogen and oxygen atoms in total. The molecule has 0 aliphatic heterocycles. The molecule has 0 radical (unpaired) electrons. The average molecular weight is 722 g/mol. The minimum Gasteiger partial charge on any atom is -0.310 e. The van der Waals surface area contributed by atoms with Crippen LogP contribution in [0.1, 0.15) is 80.0 Å². The summed E-state index contributed by atoms with van der Waals surface area (Å²) in [5.74, 6) is 3.34. The van der Waals surface area contributed by atoms with Gasteiger partial charge in [0.1, 0.15) is 0 Å². The van der Waals surface area contributed by atoms with Crippen LogP contribution in [0.4, 0.5) is 17.1 Å². The smallest absolute Gasteiger partial charge is 0.0468 e. The van der Waals surface area contributed by atoms with Gasteiger partial charge in [0.25, 0.3) is 0 Å². The molecule has 0 heterocycles. The molecule has 7 aliphatic carbocycles. The maximum absolute atomic E-state index is 2.66. The molecule has 5 saturated carbocycles. The highest BCUT2D eigenvalue weighted by molar-refractivity contribution is 5.91. The van der Waals surface area contributed by atoms with Crippen molar-refractivity contribution in [1.29, 1.82) is 0 Å². The Bertz CT molecular complexity index is 2700. The topological polar surface area (TPSA) is 3.24 Å². The molecule has 272 valence electrons. The molecule has 4 bridgehead atoms. The second kappa shape index (κ2) is 11.6. The zero-order valence-corrected chi connectivity index (χ0v) is 32.1. The first-order valence-electron chi connectivity index (χ1n) is 21.6. The first-order valence-corrected chi connectivity index (χ1v) is 21.6. The van der Waals surface area contributed by atoms with Crippen molar-refractivity contribution >= 4 is 27.8 Å². The van der Waals surface area contributed by atoms with Crippen molar-refractivity contribution in [2.45, 2.75) is 68.6 Å². The SMILES string of the molecule is c1ccc2c(c1)-c1cc(N(c3ccc(-c4ccc5ccccc5c4)cc3)c3ccc4c(c3)C3(c5ccccc5-4)C4CC5CC(C4)CC3C5)ccc1C21CCCC1. The molecule has 7 aliphatic rings. The van der Waals surface area contributed by atoms with Crippen molar-refractivity contribution in [2.24, 2.45) is 23.7 Å². The third-order valence-electron chi connectivity index (χ3n) is 16.0. The van der Waals surface area contributed by atoms with Crippen LogP contribution < -0.4 is 4.90 Å². The molecule has 0 saturated heterocycles. The fourth-order valence-corrected chi connectivity index (χ4v) is 14.0. The van der Waals surface area contributed by atoms with Gasteiger partial charge in [-0.1, -0.05) is 122 Å². The minimum atomic E-state index is 0.132. The second-order valence-electron chi connectivity index (χ2n) is 18.5. The Labute approximate surface area is 331 Å². The Morgan fingerprint density at radius 2 is 0.964 bits per heavy atom. The lowest BCUT2D eigenvalue weighted by atomic mass is 9.43. The summed E-state index contributed by atoms with van der Waals surface area (Å²) in [5.41, 5.74) is 18.7. The van der Waals surface area contributed by atoms with E-state index in [0.717, 1.165) is 23.7 Å². The van der Waals surface area contributed by atoms with Gasteiger partial charge in [0.15, 0.2) is 0 Å². The predicted octanol–water partition coefficient (Wildman–Crippen LogP) is 14.5. The highest BCUT2D eigenvalue weighted by Crippen LogP contribution is 2.69. The number of anilines is 3. The van der Waals surface area contributed by atoms with Crippen LogP contribution in [-0.4, -0.2) is 0 Å². The van der Waals surface area contributed by atoms with E-state index in [1.807, 2.05) is 0 Å². The van der Waals surface area contributed by atoms with E-state index in [1.165, 1.54) is 119 Å². The Balaban J connectivity index is 0.993. The molecule has 0 amide bonds. The van der Waals surface area contributed by atoms with Gasteiger partial charge in [0, 0.05) is 27.9 Å². The van der Waals surface area contributed by atoms with Crippen molar-refractivity contribution in [3.63, 3.8) is 0 Å². The highest BCUT2D eigenvalue weighted by atomic mass is 15.1. The van der Waals surface area contributed by atoms with E-state index in [4.69, 9.17) is 0 Å². The van der Waals surface area contributed by atoms with E-state index in [1.54, 1.807) is 22.3 Å². The summed E-state index contributed by atoms with van der Waals surface area (Å²) in [4.78, 5) is 2.58. The van der Waals surface area contributed by atoms with Gasteiger partial charge in [-0.25, -0.2) is 0 Å². The number of rotatable bonds is 4. The summed E-state index contributed by atoms with van der Waals surface area (Å²) in [7, 11) is 0. The Morgan fingerprint density at radius 3 is 1.73 bits per heavy atom. The molecular formula is C55H47N. The van der Waals surface area contributed by atoms with Gasteiger partial charge < -0.3 is 4.90 Å². The number of hydrogen-bond donors (Lipinski definition) is 0. The van der Waals surface area contributed by atoms with Crippen molar-refractivity contribution in [3.05, 3.63) is 174 Å². The van der Waals surface area contributed by atoms with Gasteiger partial charge in [0.2, 0.25) is 0 Å². The normalized spacial score (nSPS) is 25.4. The van der Waals surface area contributed by atoms with E-state index < -0.39 is 0 Å². The molecule has 1 heteroatoms. The summed E-state index contributed by atoms with van der Waals surface area (Å²) in [6.07, 6.45) is 12.2. The van der Waals surface area contributed by atoms with Crippen LogP contribution in [0.15, 0.2) is 152 Å². The average Bonchev–Trinajstić information content (AvgIpc) is 3.93. The quantitative estimate of drug-likeness (QED) is 0.175. The summed E-state index contributed by atoms with van der Waals surface area (Å²) < 4.78 is 0. The molecule has 14 rings (SSSR count). The summed E-state index contributed by atoms with van der Waals surface area (Å²) in [6.45, 7) is 0. The van der Waals surface area contributed by atoms with E-state index in [0.29, 0.717) is 0 Å². The number of fused-ring (bicyclic) bond motifs is 9. The lowest BCUT2D eigenvalue weighted by Crippen LogP contribution is -2.55. The van der Waals surface area contributed by atoms with Gasteiger partial charge >= 0.3 is 0 Å². The first kappa shape index (κ1) is 31.8. The van der Waals surface area contributed by atoms with Crippen molar-refractivity contribution < 1.29 is 0 Å².